The first kappa shape index (κ1) is 18.3. The Kier molecular flexibility index (Phi) is 10.2. The molecule has 0 amide bonds. The number of nitrogens with one attached hydrogen (secondary N) is 1. The van der Waals surface area contributed by atoms with Crippen LogP contribution < -0.4 is 5.32 Å². The first-order valence-corrected chi connectivity index (χ1v) is 6.81. The first-order valence-electron chi connectivity index (χ1n) is 6.28. The quantitative estimate of drug-likeness (QED) is 0.389. The molecule has 0 aliphatic heterocycles. The van der Waals surface area contributed by atoms with Crippen LogP contribution in [-0.4, -0.2) is 20.8 Å². The first-order chi connectivity index (χ1) is 9.56. The van der Waals surface area contributed by atoms with E-state index in [1.54, 1.807) is 19.2 Å². The van der Waals surface area contributed by atoms with E-state index in [-0.39, 0.29) is 0 Å². The van der Waals surface area contributed by atoms with Crippen LogP contribution in [0.15, 0.2) is 30.5 Å². The second-order valence-electron chi connectivity index (χ2n) is 3.86. The van der Waals surface area contributed by atoms with Crippen molar-refractivity contribution < 1.29 is 5.11 Å². The molecule has 0 spiro atoms. The van der Waals surface area contributed by atoms with E-state index in [9.17, 15) is 5.11 Å². The predicted octanol–water partition coefficient (Wildman–Crippen LogP) is 2.88. The molecule has 1 aromatic heterocycles. The standard InChI is InChI=1S/C11H15N3O.C4H7Cl/c1-4-5-6-7-12-11(15)14-10(3)8-9(2)13-14;1-2-3-4-5/h6-8,11-12,15H,1-3H3;2-3H,4H2,1H3/b7-6+;3-2-. The molecular formula is C15H22ClN3O. The maximum Gasteiger partial charge on any atom is 0.224 e. The molecule has 0 aliphatic carbocycles. The average Bonchev–Trinajstić information content (AvgIpc) is 2.75. The number of nitrogens with zero attached hydrogens (tertiary/aromatic N) is 2. The molecule has 1 heterocycles. The Balaban J connectivity index is 0.000000621. The zero-order valence-corrected chi connectivity index (χ0v) is 13.1. The van der Waals surface area contributed by atoms with E-state index in [4.69, 9.17) is 11.6 Å². The van der Waals surface area contributed by atoms with Gasteiger partial charge >= 0.3 is 0 Å². The van der Waals surface area contributed by atoms with Crippen molar-refractivity contribution in [2.24, 2.45) is 0 Å². The normalized spacial score (nSPS) is 11.7. The molecule has 1 rings (SSSR count). The van der Waals surface area contributed by atoms with Gasteiger partial charge in [0.25, 0.3) is 0 Å². The van der Waals surface area contributed by atoms with Crippen LogP contribution in [0.1, 0.15) is 31.6 Å². The van der Waals surface area contributed by atoms with Crippen molar-refractivity contribution >= 4 is 11.6 Å². The van der Waals surface area contributed by atoms with Crippen LogP contribution in [0.4, 0.5) is 0 Å². The van der Waals surface area contributed by atoms with Gasteiger partial charge in [-0.15, -0.1) is 17.5 Å². The van der Waals surface area contributed by atoms with Gasteiger partial charge in [-0.2, -0.15) is 5.10 Å². The third-order valence-electron chi connectivity index (χ3n) is 2.16. The molecule has 2 N–H and O–H groups in total. The maximum absolute atomic E-state index is 9.70. The minimum atomic E-state index is -0.853. The van der Waals surface area contributed by atoms with Crippen LogP contribution in [0.25, 0.3) is 0 Å². The summed E-state index contributed by atoms with van der Waals surface area (Å²) in [5, 5.41) is 16.6. The van der Waals surface area contributed by atoms with Crippen molar-refractivity contribution in [2.75, 3.05) is 5.88 Å². The van der Waals surface area contributed by atoms with Gasteiger partial charge in [0, 0.05) is 23.8 Å². The fourth-order valence-corrected chi connectivity index (χ4v) is 1.49. The second kappa shape index (κ2) is 11.2. The average molecular weight is 296 g/mol. The van der Waals surface area contributed by atoms with Gasteiger partial charge in [-0.05, 0) is 33.8 Å². The van der Waals surface area contributed by atoms with Crippen LogP contribution >= 0.6 is 11.6 Å². The number of aliphatic hydroxyl groups is 1. The molecule has 0 saturated heterocycles. The van der Waals surface area contributed by atoms with Gasteiger partial charge in [0.2, 0.25) is 6.35 Å². The van der Waals surface area contributed by atoms with E-state index in [1.165, 1.54) is 4.68 Å². The summed E-state index contributed by atoms with van der Waals surface area (Å²) in [6.07, 6.45) is 6.19. The Bertz CT molecular complexity index is 495. The zero-order chi connectivity index (χ0) is 15.4. The molecule has 4 nitrogen and oxygen atoms in total. The van der Waals surface area contributed by atoms with Gasteiger partial charge in [0.05, 0.1) is 5.69 Å². The molecule has 0 radical (unpaired) electrons. The molecule has 110 valence electrons. The number of alkyl halides is 1. The third-order valence-corrected chi connectivity index (χ3v) is 2.34. The van der Waals surface area contributed by atoms with E-state index in [0.717, 1.165) is 11.4 Å². The Morgan fingerprint density at radius 1 is 1.55 bits per heavy atom. The van der Waals surface area contributed by atoms with Gasteiger partial charge < -0.3 is 10.4 Å². The molecule has 0 saturated carbocycles. The Morgan fingerprint density at radius 3 is 2.65 bits per heavy atom. The molecule has 20 heavy (non-hydrogen) atoms. The topological polar surface area (TPSA) is 50.1 Å². The summed E-state index contributed by atoms with van der Waals surface area (Å²) in [6, 6.07) is 1.90. The van der Waals surface area contributed by atoms with E-state index >= 15 is 0 Å². The lowest BCUT2D eigenvalue weighted by Gasteiger charge is -2.12. The van der Waals surface area contributed by atoms with Gasteiger partial charge in [-0.3, -0.25) is 0 Å². The SMILES string of the molecule is C/C=C\CCl.CC#C/C=C/NC(O)n1nc(C)cc1C. The highest BCUT2D eigenvalue weighted by atomic mass is 35.5. The van der Waals surface area contributed by atoms with Gasteiger partial charge in [0.15, 0.2) is 0 Å². The fourth-order valence-electron chi connectivity index (χ4n) is 1.31. The van der Waals surface area contributed by atoms with Gasteiger partial charge in [-0.1, -0.05) is 18.1 Å². The predicted molar refractivity (Wildman–Crippen MR) is 84.2 cm³/mol. The Labute approximate surface area is 126 Å². The molecule has 1 aromatic rings. The van der Waals surface area contributed by atoms with Crippen molar-refractivity contribution in [2.45, 2.75) is 34.0 Å². The van der Waals surface area contributed by atoms with Crippen LogP contribution in [0.3, 0.4) is 0 Å². The largest absolute Gasteiger partial charge is 0.355 e. The molecule has 0 bridgehead atoms. The summed E-state index contributed by atoms with van der Waals surface area (Å²) in [7, 11) is 0. The molecule has 0 aromatic carbocycles. The van der Waals surface area contributed by atoms with Crippen molar-refractivity contribution in [1.82, 2.24) is 15.1 Å². The summed E-state index contributed by atoms with van der Waals surface area (Å²) in [6.45, 7) is 7.47. The summed E-state index contributed by atoms with van der Waals surface area (Å²) >= 11 is 5.21. The van der Waals surface area contributed by atoms with Crippen molar-refractivity contribution in [3.63, 3.8) is 0 Å². The highest BCUT2D eigenvalue weighted by molar-refractivity contribution is 6.18. The van der Waals surface area contributed by atoms with E-state index in [2.05, 4.69) is 22.3 Å². The summed E-state index contributed by atoms with van der Waals surface area (Å²) in [4.78, 5) is 0. The lowest BCUT2D eigenvalue weighted by atomic mass is 10.4. The molecule has 1 atom stereocenters. The number of hydrogen-bond acceptors (Lipinski definition) is 3. The monoisotopic (exact) mass is 295 g/mol. The van der Waals surface area contributed by atoms with Crippen LogP contribution in [-0.2, 0) is 0 Å². The lowest BCUT2D eigenvalue weighted by molar-refractivity contribution is 0.0674. The summed E-state index contributed by atoms with van der Waals surface area (Å²) in [5.41, 5.74) is 1.79. The Morgan fingerprint density at radius 2 is 2.25 bits per heavy atom. The van der Waals surface area contributed by atoms with Crippen molar-refractivity contribution in [3.05, 3.63) is 41.9 Å². The number of allylic oxidation sites excluding steroid dienone is 3. The minimum absolute atomic E-state index is 0.635. The van der Waals surface area contributed by atoms with Crippen molar-refractivity contribution in [3.8, 4) is 11.8 Å². The lowest BCUT2D eigenvalue weighted by Crippen LogP contribution is -2.23. The Hall–Kier alpha value is -1.70. The fraction of sp³-hybridized carbons (Fsp3) is 0.400. The van der Waals surface area contributed by atoms with E-state index < -0.39 is 6.35 Å². The highest BCUT2D eigenvalue weighted by Crippen LogP contribution is 2.05. The van der Waals surface area contributed by atoms with Crippen LogP contribution in [0.5, 0.6) is 0 Å². The number of rotatable bonds is 4. The van der Waals surface area contributed by atoms with Crippen LogP contribution in [0, 0.1) is 25.7 Å². The molecular weight excluding hydrogens is 274 g/mol. The zero-order valence-electron chi connectivity index (χ0n) is 12.4. The number of aliphatic hydroxyl groups excluding tert-OH is 1. The number of aromatic nitrogens is 2. The maximum atomic E-state index is 9.70. The summed E-state index contributed by atoms with van der Waals surface area (Å²) < 4.78 is 1.51. The molecule has 0 aliphatic rings. The van der Waals surface area contributed by atoms with E-state index in [1.807, 2.05) is 39.0 Å². The van der Waals surface area contributed by atoms with Crippen LogP contribution in [0.2, 0.25) is 0 Å². The number of halogens is 1. The smallest absolute Gasteiger partial charge is 0.224 e. The molecule has 5 heteroatoms. The molecule has 1 unspecified atom stereocenters. The van der Waals surface area contributed by atoms with Crippen molar-refractivity contribution in [1.29, 1.82) is 0 Å². The third kappa shape index (κ3) is 7.67. The second-order valence-corrected chi connectivity index (χ2v) is 4.17. The van der Waals surface area contributed by atoms with Gasteiger partial charge in [-0.25, -0.2) is 4.68 Å². The summed E-state index contributed by atoms with van der Waals surface area (Å²) in [5.74, 6) is 6.09. The number of hydrogen-bond donors (Lipinski definition) is 2. The highest BCUT2D eigenvalue weighted by Gasteiger charge is 2.07. The van der Waals surface area contributed by atoms with Gasteiger partial charge in [0.1, 0.15) is 0 Å². The molecule has 0 fully saturated rings. The minimum Gasteiger partial charge on any atom is -0.355 e. The number of aryl methyl sites for hydroxylation is 2. The van der Waals surface area contributed by atoms with E-state index in [0.29, 0.717) is 5.88 Å².